The number of benzene rings is 2. The number of rotatable bonds is 11. The van der Waals surface area contributed by atoms with Gasteiger partial charge in [0.2, 0.25) is 0 Å². The topological polar surface area (TPSA) is 106 Å². The van der Waals surface area contributed by atoms with Crippen molar-refractivity contribution in [3.8, 4) is 5.75 Å². The Bertz CT molecular complexity index is 1240. The van der Waals surface area contributed by atoms with E-state index in [0.717, 1.165) is 17.0 Å². The van der Waals surface area contributed by atoms with Crippen molar-refractivity contribution in [3.63, 3.8) is 0 Å². The van der Waals surface area contributed by atoms with Crippen LogP contribution in [0, 0.1) is 6.92 Å². The minimum atomic E-state index is -0.908. The van der Waals surface area contributed by atoms with Crippen LogP contribution in [0.5, 0.6) is 5.75 Å². The zero-order valence-electron chi connectivity index (χ0n) is 22.4. The number of piperazine rings is 1. The number of thioether (sulfide) groups is 1. The van der Waals surface area contributed by atoms with Crippen molar-refractivity contribution in [2.24, 2.45) is 0 Å². The summed E-state index contributed by atoms with van der Waals surface area (Å²) in [7, 11) is 0. The molecule has 2 heterocycles. The van der Waals surface area contributed by atoms with Gasteiger partial charge >= 0.3 is 0 Å². The van der Waals surface area contributed by atoms with Gasteiger partial charge in [-0.2, -0.15) is 0 Å². The molecule has 4 rings (SSSR count). The first-order chi connectivity index (χ1) is 18.8. The molecule has 9 heteroatoms. The summed E-state index contributed by atoms with van der Waals surface area (Å²) < 4.78 is 0. The summed E-state index contributed by atoms with van der Waals surface area (Å²) in [6, 6.07) is 17.7. The van der Waals surface area contributed by atoms with Gasteiger partial charge in [-0.1, -0.05) is 30.3 Å². The van der Waals surface area contributed by atoms with Crippen molar-refractivity contribution in [2.45, 2.75) is 43.5 Å². The number of nitrogens with one attached hydrogen (secondary N) is 1. The van der Waals surface area contributed by atoms with Crippen molar-refractivity contribution in [3.05, 3.63) is 89.7 Å². The van der Waals surface area contributed by atoms with Gasteiger partial charge in [-0.3, -0.25) is 24.4 Å². The number of aliphatic hydroxyl groups excluding tert-OH is 1. The molecule has 39 heavy (non-hydrogen) atoms. The molecule has 0 bridgehead atoms. The number of β-amino-alcohol motifs (C(OH)–C–C–N with tert-alkyl or cyclic N) is 1. The van der Waals surface area contributed by atoms with Gasteiger partial charge in [0, 0.05) is 66.9 Å². The Balaban J connectivity index is 1.46. The van der Waals surface area contributed by atoms with Crippen molar-refractivity contribution >= 4 is 23.5 Å². The van der Waals surface area contributed by atoms with Crippen LogP contribution in [0.25, 0.3) is 0 Å². The number of ketones is 1. The highest BCUT2D eigenvalue weighted by molar-refractivity contribution is 7.99. The largest absolute Gasteiger partial charge is 0.508 e. The van der Waals surface area contributed by atoms with Crippen molar-refractivity contribution in [1.82, 2.24) is 20.1 Å². The highest BCUT2D eigenvalue weighted by Crippen LogP contribution is 2.23. The molecular formula is C30H36N4O4S. The van der Waals surface area contributed by atoms with Crippen LogP contribution in [0.2, 0.25) is 0 Å². The first kappa shape index (κ1) is 28.8. The van der Waals surface area contributed by atoms with Gasteiger partial charge in [0.25, 0.3) is 5.91 Å². The lowest BCUT2D eigenvalue weighted by Gasteiger charge is -2.42. The Hall–Kier alpha value is -3.24. The highest BCUT2D eigenvalue weighted by Gasteiger charge is 2.33. The number of pyridine rings is 1. The molecule has 206 valence electrons. The maximum Gasteiger partial charge on any atom is 0.252 e. The molecule has 3 atom stereocenters. The molecule has 1 fully saturated rings. The number of Topliss-reactive ketones (excluding diaryl/α,β-unsaturated/α-hetero) is 1. The van der Waals surface area contributed by atoms with Crippen molar-refractivity contribution in [2.75, 3.05) is 31.9 Å². The Morgan fingerprint density at radius 2 is 1.90 bits per heavy atom. The number of carbonyl (C=O) groups is 2. The number of hydrogen-bond acceptors (Lipinski definition) is 8. The van der Waals surface area contributed by atoms with E-state index >= 15 is 0 Å². The van der Waals surface area contributed by atoms with Crippen LogP contribution in [0.3, 0.4) is 0 Å². The summed E-state index contributed by atoms with van der Waals surface area (Å²) >= 11 is 1.55. The molecule has 3 unspecified atom stereocenters. The number of aromatic hydroxyl groups is 1. The molecule has 1 aliphatic heterocycles. The summed E-state index contributed by atoms with van der Waals surface area (Å²) in [5.41, 5.74) is 1.94. The fourth-order valence-electron chi connectivity index (χ4n) is 4.81. The number of hydrogen-bond donors (Lipinski definition) is 3. The maximum absolute atomic E-state index is 13.2. The molecule has 0 spiro atoms. The first-order valence-electron chi connectivity index (χ1n) is 13.1. The lowest BCUT2D eigenvalue weighted by molar-refractivity contribution is -0.125. The molecule has 1 aromatic heterocycles. The van der Waals surface area contributed by atoms with Gasteiger partial charge < -0.3 is 15.5 Å². The van der Waals surface area contributed by atoms with Crippen molar-refractivity contribution < 1.29 is 19.8 Å². The molecule has 2 aromatic carbocycles. The second kappa shape index (κ2) is 13.7. The van der Waals surface area contributed by atoms with E-state index in [1.54, 1.807) is 50.0 Å². The van der Waals surface area contributed by atoms with Crippen molar-refractivity contribution in [1.29, 1.82) is 0 Å². The minimum Gasteiger partial charge on any atom is -0.508 e. The van der Waals surface area contributed by atoms with E-state index in [4.69, 9.17) is 0 Å². The molecule has 0 aliphatic carbocycles. The third-order valence-corrected chi connectivity index (χ3v) is 8.23. The lowest BCUT2D eigenvalue weighted by Crippen LogP contribution is -2.59. The van der Waals surface area contributed by atoms with Gasteiger partial charge in [0.15, 0.2) is 0 Å². The zero-order valence-corrected chi connectivity index (χ0v) is 23.2. The molecule has 0 saturated carbocycles. The van der Waals surface area contributed by atoms with E-state index in [0.29, 0.717) is 36.5 Å². The van der Waals surface area contributed by atoms with Crippen LogP contribution in [0.4, 0.5) is 0 Å². The average Bonchev–Trinajstić information content (AvgIpc) is 2.94. The van der Waals surface area contributed by atoms with E-state index in [2.05, 4.69) is 15.2 Å². The van der Waals surface area contributed by atoms with E-state index in [-0.39, 0.29) is 30.0 Å². The van der Waals surface area contributed by atoms with Gasteiger partial charge in [-0.25, -0.2) is 0 Å². The number of carbonyl (C=O) groups excluding carboxylic acids is 2. The second-order valence-electron chi connectivity index (χ2n) is 9.94. The Morgan fingerprint density at radius 3 is 2.62 bits per heavy atom. The summed E-state index contributed by atoms with van der Waals surface area (Å²) in [5.74, 6) is 0.186. The number of nitrogens with zero attached hydrogens (tertiary/aromatic N) is 3. The van der Waals surface area contributed by atoms with Crippen LogP contribution < -0.4 is 5.32 Å². The normalized spacial score (nSPS) is 17.9. The molecule has 1 saturated heterocycles. The van der Waals surface area contributed by atoms with E-state index in [1.807, 2.05) is 53.6 Å². The van der Waals surface area contributed by atoms with E-state index in [1.165, 1.54) is 0 Å². The Labute approximate surface area is 234 Å². The molecular weight excluding hydrogens is 512 g/mol. The molecule has 0 radical (unpaired) electrons. The average molecular weight is 549 g/mol. The zero-order chi connectivity index (χ0) is 27.8. The highest BCUT2D eigenvalue weighted by atomic mass is 32.2. The second-order valence-corrected chi connectivity index (χ2v) is 11.0. The predicted molar refractivity (Wildman–Crippen MR) is 153 cm³/mol. The lowest BCUT2D eigenvalue weighted by atomic mass is 10.0. The van der Waals surface area contributed by atoms with Gasteiger partial charge in [0.05, 0.1) is 18.2 Å². The quantitative estimate of drug-likeness (QED) is 0.314. The standard InChI is InChI=1S/C30H36N4O4S/c1-21-25(11-6-12-28(21)36)30(38)32-26(20-39-24-9-4-3-5-10-24)29(37)19-34-15-14-33(18-27(34)22(2)35)17-23-8-7-13-31-16-23/h3-13,16,26-27,29,36-37H,14-15,17-20H2,1-2H3,(H,32,38). The van der Waals surface area contributed by atoms with E-state index < -0.39 is 12.1 Å². The molecule has 1 amide bonds. The third kappa shape index (κ3) is 7.89. The SMILES string of the molecule is CC(=O)C1CN(Cc2cccnc2)CCN1CC(O)C(CSc1ccccc1)NC(=O)c1cccc(O)c1C. The Morgan fingerprint density at radius 1 is 1.10 bits per heavy atom. The van der Waals surface area contributed by atoms with Crippen LogP contribution in [0.15, 0.2) is 78.0 Å². The van der Waals surface area contributed by atoms with Crippen LogP contribution >= 0.6 is 11.8 Å². The molecule has 8 nitrogen and oxygen atoms in total. The first-order valence-corrected chi connectivity index (χ1v) is 14.1. The summed E-state index contributed by atoms with van der Waals surface area (Å²) in [5, 5.41) is 24.5. The smallest absolute Gasteiger partial charge is 0.252 e. The van der Waals surface area contributed by atoms with Crippen LogP contribution in [-0.2, 0) is 11.3 Å². The number of phenolic OH excluding ortho intramolecular Hbond substituents is 1. The number of aliphatic hydroxyl groups is 1. The number of aromatic nitrogens is 1. The Kier molecular flexibility index (Phi) is 10.1. The molecule has 3 aromatic rings. The summed E-state index contributed by atoms with van der Waals surface area (Å²) in [6.45, 7) is 6.19. The fourth-order valence-corrected chi connectivity index (χ4v) is 5.84. The molecule has 1 aliphatic rings. The monoisotopic (exact) mass is 548 g/mol. The third-order valence-electron chi connectivity index (χ3n) is 7.10. The fraction of sp³-hybridized carbons (Fsp3) is 0.367. The number of amides is 1. The van der Waals surface area contributed by atoms with Gasteiger partial charge in [0.1, 0.15) is 11.5 Å². The minimum absolute atomic E-state index is 0.0480. The predicted octanol–water partition coefficient (Wildman–Crippen LogP) is 3.12. The summed E-state index contributed by atoms with van der Waals surface area (Å²) in [4.78, 5) is 35.3. The maximum atomic E-state index is 13.2. The molecule has 3 N–H and O–H groups in total. The summed E-state index contributed by atoms with van der Waals surface area (Å²) in [6.07, 6.45) is 2.67. The van der Waals surface area contributed by atoms with Crippen LogP contribution in [0.1, 0.15) is 28.4 Å². The van der Waals surface area contributed by atoms with E-state index in [9.17, 15) is 19.8 Å². The van der Waals surface area contributed by atoms with Crippen LogP contribution in [-0.4, -0.2) is 86.8 Å². The van der Waals surface area contributed by atoms with Gasteiger partial charge in [-0.05, 0) is 49.7 Å². The van der Waals surface area contributed by atoms with Gasteiger partial charge in [-0.15, -0.1) is 11.8 Å². The number of phenols is 1.